The maximum absolute atomic E-state index is 12.2. The molecule has 0 unspecified atom stereocenters. The van der Waals surface area contributed by atoms with Crippen molar-refractivity contribution in [1.82, 2.24) is 0 Å². The molecule has 2 aromatic carbocycles. The van der Waals surface area contributed by atoms with Crippen LogP contribution < -0.4 is 4.72 Å². The Kier molecular flexibility index (Phi) is 4.18. The average molecular weight is 303 g/mol. The van der Waals surface area contributed by atoms with E-state index >= 15 is 0 Å². The molecule has 0 amide bonds. The topological polar surface area (TPSA) is 80.3 Å². The molecule has 2 aromatic rings. The minimum Gasteiger partial charge on any atom is -0.298 e. The van der Waals surface area contributed by atoms with Crippen LogP contribution in [0.25, 0.3) is 0 Å². The second-order valence-corrected chi connectivity index (χ2v) is 6.23. The van der Waals surface area contributed by atoms with Gasteiger partial charge >= 0.3 is 0 Å². The van der Waals surface area contributed by atoms with Crippen LogP contribution in [0.1, 0.15) is 26.3 Å². The molecule has 5 nitrogen and oxygen atoms in total. The summed E-state index contributed by atoms with van der Waals surface area (Å²) in [6.07, 6.45) is 1.10. The Labute approximate surface area is 122 Å². The van der Waals surface area contributed by atoms with Gasteiger partial charge in [0.25, 0.3) is 10.0 Å². The average Bonchev–Trinajstić information content (AvgIpc) is 2.46. The molecule has 0 fully saturated rings. The Morgan fingerprint density at radius 3 is 1.90 bits per heavy atom. The van der Waals surface area contributed by atoms with Gasteiger partial charge in [-0.3, -0.25) is 14.3 Å². The zero-order chi connectivity index (χ0) is 15.5. The van der Waals surface area contributed by atoms with Crippen molar-refractivity contribution in [1.29, 1.82) is 0 Å². The fourth-order valence-corrected chi connectivity index (χ4v) is 2.84. The molecule has 21 heavy (non-hydrogen) atoms. The van der Waals surface area contributed by atoms with E-state index in [0.29, 0.717) is 12.6 Å². The molecule has 6 heteroatoms. The molecule has 0 heterocycles. The van der Waals surface area contributed by atoms with Crippen LogP contribution in [-0.4, -0.2) is 21.0 Å². The van der Waals surface area contributed by atoms with Crippen LogP contribution in [-0.2, 0) is 10.0 Å². The predicted molar refractivity (Wildman–Crippen MR) is 79.2 cm³/mol. The molecule has 1 N–H and O–H groups in total. The number of aryl methyl sites for hydroxylation is 1. The van der Waals surface area contributed by atoms with E-state index in [0.717, 1.165) is 5.56 Å². The Balaban J connectivity index is 2.38. The van der Waals surface area contributed by atoms with E-state index in [1.54, 1.807) is 12.1 Å². The first-order valence-corrected chi connectivity index (χ1v) is 7.58. The van der Waals surface area contributed by atoms with Crippen LogP contribution in [0.15, 0.2) is 47.4 Å². The molecule has 0 aliphatic rings. The molecule has 0 atom stereocenters. The molecule has 108 valence electrons. The Morgan fingerprint density at radius 1 is 0.905 bits per heavy atom. The summed E-state index contributed by atoms with van der Waals surface area (Å²) in [4.78, 5) is 21.7. The van der Waals surface area contributed by atoms with E-state index in [1.807, 2.05) is 6.92 Å². The third-order valence-electron chi connectivity index (χ3n) is 2.83. The maximum atomic E-state index is 12.2. The highest BCUT2D eigenvalue weighted by molar-refractivity contribution is 7.92. The van der Waals surface area contributed by atoms with Crippen LogP contribution in [0.3, 0.4) is 0 Å². The van der Waals surface area contributed by atoms with Crippen molar-refractivity contribution in [2.24, 2.45) is 0 Å². The summed E-state index contributed by atoms with van der Waals surface area (Å²) in [5.41, 5.74) is 1.56. The first-order valence-electron chi connectivity index (χ1n) is 6.09. The standard InChI is InChI=1S/C15H13NO4S/c1-11-2-4-15(5-3-11)21(19,20)16-14-7-12(9-17)6-13(8-14)10-18/h2-10,16H,1H3. The van der Waals surface area contributed by atoms with E-state index in [4.69, 9.17) is 0 Å². The fraction of sp³-hybridized carbons (Fsp3) is 0.0667. The molecule has 0 radical (unpaired) electrons. The summed E-state index contributed by atoms with van der Waals surface area (Å²) in [6.45, 7) is 1.85. The van der Waals surface area contributed by atoms with E-state index in [-0.39, 0.29) is 21.7 Å². The molecule has 0 saturated heterocycles. The van der Waals surface area contributed by atoms with E-state index in [9.17, 15) is 18.0 Å². The zero-order valence-corrected chi connectivity index (χ0v) is 12.1. The molecule has 0 aromatic heterocycles. The summed E-state index contributed by atoms with van der Waals surface area (Å²) >= 11 is 0. The number of benzene rings is 2. The summed E-state index contributed by atoms with van der Waals surface area (Å²) in [6, 6.07) is 10.5. The van der Waals surface area contributed by atoms with Gasteiger partial charge in [-0.15, -0.1) is 0 Å². The zero-order valence-electron chi connectivity index (χ0n) is 11.2. The van der Waals surface area contributed by atoms with E-state index < -0.39 is 10.0 Å². The van der Waals surface area contributed by atoms with Gasteiger partial charge in [0.2, 0.25) is 0 Å². The second-order valence-electron chi connectivity index (χ2n) is 4.54. The van der Waals surface area contributed by atoms with Crippen LogP contribution in [0.5, 0.6) is 0 Å². The van der Waals surface area contributed by atoms with Gasteiger partial charge in [-0.25, -0.2) is 8.42 Å². The minimum atomic E-state index is -3.76. The molecular formula is C15H13NO4S. The maximum Gasteiger partial charge on any atom is 0.261 e. The number of hydrogen-bond donors (Lipinski definition) is 1. The lowest BCUT2D eigenvalue weighted by atomic mass is 10.1. The third-order valence-corrected chi connectivity index (χ3v) is 4.23. The summed E-state index contributed by atoms with van der Waals surface area (Å²) < 4.78 is 26.8. The van der Waals surface area contributed by atoms with Crippen LogP contribution >= 0.6 is 0 Å². The SMILES string of the molecule is Cc1ccc(S(=O)(=O)Nc2cc(C=O)cc(C=O)c2)cc1. The summed E-state index contributed by atoms with van der Waals surface area (Å²) in [7, 11) is -3.76. The number of nitrogens with one attached hydrogen (secondary N) is 1. The number of aldehydes is 2. The molecule has 0 bridgehead atoms. The van der Waals surface area contributed by atoms with Crippen molar-refractivity contribution < 1.29 is 18.0 Å². The van der Waals surface area contributed by atoms with Crippen LogP contribution in [0.2, 0.25) is 0 Å². The number of carbonyl (C=O) groups is 2. The van der Waals surface area contributed by atoms with Gasteiger partial charge in [-0.2, -0.15) is 0 Å². The fourth-order valence-electron chi connectivity index (χ4n) is 1.80. The Bertz CT molecular complexity index is 754. The van der Waals surface area contributed by atoms with Crippen molar-refractivity contribution in [2.45, 2.75) is 11.8 Å². The van der Waals surface area contributed by atoms with Gasteiger partial charge in [0.15, 0.2) is 0 Å². The number of rotatable bonds is 5. The first-order chi connectivity index (χ1) is 9.94. The summed E-state index contributed by atoms with van der Waals surface area (Å²) in [5.74, 6) is 0. The molecule has 0 saturated carbocycles. The van der Waals surface area contributed by atoms with Crippen molar-refractivity contribution in [3.8, 4) is 0 Å². The normalized spacial score (nSPS) is 10.9. The van der Waals surface area contributed by atoms with Crippen molar-refractivity contribution in [3.05, 3.63) is 59.2 Å². The molecule has 0 aliphatic heterocycles. The highest BCUT2D eigenvalue weighted by Gasteiger charge is 2.14. The van der Waals surface area contributed by atoms with Crippen molar-refractivity contribution in [2.75, 3.05) is 4.72 Å². The quantitative estimate of drug-likeness (QED) is 0.860. The minimum absolute atomic E-state index is 0.109. The summed E-state index contributed by atoms with van der Waals surface area (Å²) in [5, 5.41) is 0. The molecule has 0 aliphatic carbocycles. The molecular weight excluding hydrogens is 290 g/mol. The van der Waals surface area contributed by atoms with E-state index in [2.05, 4.69) is 4.72 Å². The van der Waals surface area contributed by atoms with Crippen LogP contribution in [0.4, 0.5) is 5.69 Å². The smallest absolute Gasteiger partial charge is 0.261 e. The van der Waals surface area contributed by atoms with Crippen molar-refractivity contribution in [3.63, 3.8) is 0 Å². The van der Waals surface area contributed by atoms with Crippen LogP contribution in [0, 0.1) is 6.92 Å². The largest absolute Gasteiger partial charge is 0.298 e. The van der Waals surface area contributed by atoms with Gasteiger partial charge in [-0.1, -0.05) is 17.7 Å². The van der Waals surface area contributed by atoms with Gasteiger partial charge < -0.3 is 0 Å². The number of hydrogen-bond acceptors (Lipinski definition) is 4. The number of anilines is 1. The van der Waals surface area contributed by atoms with Gasteiger partial charge in [0.05, 0.1) is 10.6 Å². The molecule has 0 spiro atoms. The highest BCUT2D eigenvalue weighted by atomic mass is 32.2. The Morgan fingerprint density at radius 2 is 1.43 bits per heavy atom. The van der Waals surface area contributed by atoms with Gasteiger partial charge in [0.1, 0.15) is 12.6 Å². The number of carbonyl (C=O) groups excluding carboxylic acids is 2. The predicted octanol–water partition coefficient (Wildman–Crippen LogP) is 2.42. The van der Waals surface area contributed by atoms with E-state index in [1.165, 1.54) is 30.3 Å². The van der Waals surface area contributed by atoms with Crippen molar-refractivity contribution >= 4 is 28.3 Å². The Hall–Kier alpha value is -2.47. The molecule has 2 rings (SSSR count). The number of sulfonamides is 1. The lowest BCUT2D eigenvalue weighted by molar-refractivity contribution is 0.112. The third kappa shape index (κ3) is 3.55. The van der Waals surface area contributed by atoms with Gasteiger partial charge in [0, 0.05) is 11.1 Å². The van der Waals surface area contributed by atoms with Gasteiger partial charge in [-0.05, 0) is 37.3 Å². The first kappa shape index (κ1) is 14.9. The highest BCUT2D eigenvalue weighted by Crippen LogP contribution is 2.18. The monoisotopic (exact) mass is 303 g/mol. The second kappa shape index (κ2) is 5.88. The lowest BCUT2D eigenvalue weighted by Gasteiger charge is -2.09. The lowest BCUT2D eigenvalue weighted by Crippen LogP contribution is -2.13.